The third kappa shape index (κ3) is 4.80. The molecular weight excluding hydrogens is 244 g/mol. The first-order chi connectivity index (χ1) is 8.89. The first kappa shape index (κ1) is 15.9. The third-order valence-corrected chi connectivity index (χ3v) is 3.69. The molecule has 0 unspecified atom stereocenters. The maximum Gasteiger partial charge on any atom is 0.233 e. The molecule has 0 atom stereocenters. The lowest BCUT2D eigenvalue weighted by molar-refractivity contribution is -0.130. The van der Waals surface area contributed by atoms with Crippen LogP contribution in [0.5, 0.6) is 0 Å². The van der Waals surface area contributed by atoms with Gasteiger partial charge in [0, 0.05) is 32.7 Å². The van der Waals surface area contributed by atoms with Gasteiger partial charge in [0.05, 0.1) is 12.0 Å². The molecule has 1 fully saturated rings. The van der Waals surface area contributed by atoms with Crippen LogP contribution in [0.15, 0.2) is 0 Å². The quantitative estimate of drug-likeness (QED) is 0.616. The fourth-order valence-corrected chi connectivity index (χ4v) is 1.99. The van der Waals surface area contributed by atoms with Gasteiger partial charge < -0.3 is 16.4 Å². The number of carbonyl (C=O) groups excluding carboxylic acids is 2. The van der Waals surface area contributed by atoms with E-state index in [0.29, 0.717) is 13.1 Å². The highest BCUT2D eigenvalue weighted by atomic mass is 16.2. The maximum atomic E-state index is 12.0. The van der Waals surface area contributed by atoms with Crippen LogP contribution in [0.1, 0.15) is 26.7 Å². The minimum absolute atomic E-state index is 0.0137. The Morgan fingerprint density at radius 3 is 2.37 bits per heavy atom. The summed E-state index contributed by atoms with van der Waals surface area (Å²) in [6.07, 6.45) is 1.76. The van der Waals surface area contributed by atoms with Crippen molar-refractivity contribution in [1.82, 2.24) is 15.5 Å². The third-order valence-electron chi connectivity index (χ3n) is 3.69. The first-order valence-electron chi connectivity index (χ1n) is 6.83. The number of hydrogen-bond donors (Lipinski definition) is 3. The molecule has 1 aliphatic rings. The molecule has 6 nitrogen and oxygen atoms in total. The molecule has 1 rings (SSSR count). The number of nitrogens with zero attached hydrogens (tertiary/aromatic N) is 1. The fraction of sp³-hybridized carbons (Fsp3) is 0.846. The summed E-state index contributed by atoms with van der Waals surface area (Å²) in [5.41, 5.74) is 5.08. The summed E-state index contributed by atoms with van der Waals surface area (Å²) in [4.78, 5) is 25.4. The van der Waals surface area contributed by atoms with Crippen molar-refractivity contribution < 1.29 is 9.59 Å². The summed E-state index contributed by atoms with van der Waals surface area (Å²) in [6, 6.07) is 0.194. The molecule has 0 aromatic rings. The van der Waals surface area contributed by atoms with Gasteiger partial charge in [0.2, 0.25) is 11.8 Å². The van der Waals surface area contributed by atoms with Crippen LogP contribution in [0, 0.1) is 5.41 Å². The topological polar surface area (TPSA) is 87.5 Å². The largest absolute Gasteiger partial charge is 0.358 e. The Balaban J connectivity index is 2.34. The van der Waals surface area contributed by atoms with E-state index < -0.39 is 5.41 Å². The summed E-state index contributed by atoms with van der Waals surface area (Å²) < 4.78 is 0. The number of carbonyl (C=O) groups is 2. The van der Waals surface area contributed by atoms with Gasteiger partial charge in [0.1, 0.15) is 0 Å². The van der Waals surface area contributed by atoms with Gasteiger partial charge >= 0.3 is 0 Å². The lowest BCUT2D eigenvalue weighted by Gasteiger charge is -2.33. The van der Waals surface area contributed by atoms with Crippen molar-refractivity contribution in [3.63, 3.8) is 0 Å². The van der Waals surface area contributed by atoms with E-state index in [2.05, 4.69) is 15.5 Å². The minimum atomic E-state index is -0.515. The van der Waals surface area contributed by atoms with Crippen LogP contribution in [0.3, 0.4) is 0 Å². The predicted molar refractivity (Wildman–Crippen MR) is 74.5 cm³/mol. The number of nitrogens with one attached hydrogen (secondary N) is 2. The molecule has 6 heteroatoms. The fourth-order valence-electron chi connectivity index (χ4n) is 1.99. The number of piperidine rings is 1. The van der Waals surface area contributed by atoms with E-state index in [1.807, 2.05) is 13.8 Å². The van der Waals surface area contributed by atoms with Gasteiger partial charge in [-0.2, -0.15) is 0 Å². The van der Waals surface area contributed by atoms with Gasteiger partial charge in [-0.1, -0.05) is 0 Å². The molecule has 1 aliphatic heterocycles. The molecule has 19 heavy (non-hydrogen) atoms. The van der Waals surface area contributed by atoms with Crippen LogP contribution in [-0.4, -0.2) is 56.0 Å². The Hall–Kier alpha value is -1.14. The molecule has 0 radical (unpaired) electrons. The summed E-state index contributed by atoms with van der Waals surface area (Å²) >= 11 is 0. The molecule has 0 bridgehead atoms. The summed E-state index contributed by atoms with van der Waals surface area (Å²) in [6.45, 7) is 6.15. The standard InChI is InChI=1S/C13H26N4O2/c1-13(2,9-14)12(19)16-10-4-6-17(7-5-10)8-11(18)15-3/h10H,4-9,14H2,1-3H3,(H,15,18)(H,16,19). The summed E-state index contributed by atoms with van der Waals surface area (Å²) in [5.74, 6) is 0.0477. The minimum Gasteiger partial charge on any atom is -0.358 e. The number of amides is 2. The average Bonchev–Trinajstić information content (AvgIpc) is 2.40. The second kappa shape index (κ2) is 6.86. The zero-order valence-corrected chi connectivity index (χ0v) is 12.2. The van der Waals surface area contributed by atoms with Crippen LogP contribution in [-0.2, 0) is 9.59 Å². The van der Waals surface area contributed by atoms with Gasteiger partial charge in [-0.15, -0.1) is 0 Å². The van der Waals surface area contributed by atoms with Gasteiger partial charge in [-0.05, 0) is 26.7 Å². The van der Waals surface area contributed by atoms with Crippen LogP contribution >= 0.6 is 0 Å². The summed E-state index contributed by atoms with van der Waals surface area (Å²) in [7, 11) is 1.64. The first-order valence-corrected chi connectivity index (χ1v) is 6.83. The smallest absolute Gasteiger partial charge is 0.233 e. The van der Waals surface area contributed by atoms with Crippen molar-refractivity contribution >= 4 is 11.8 Å². The van der Waals surface area contributed by atoms with Crippen molar-refractivity contribution in [2.75, 3.05) is 33.2 Å². The molecule has 110 valence electrons. The molecular formula is C13H26N4O2. The van der Waals surface area contributed by atoms with Crippen LogP contribution in [0.2, 0.25) is 0 Å². The number of likely N-dealkylation sites (N-methyl/N-ethyl adjacent to an activating group) is 1. The zero-order chi connectivity index (χ0) is 14.5. The van der Waals surface area contributed by atoms with Crippen LogP contribution in [0.4, 0.5) is 0 Å². The molecule has 1 heterocycles. The van der Waals surface area contributed by atoms with Crippen LogP contribution in [0.25, 0.3) is 0 Å². The number of hydrogen-bond acceptors (Lipinski definition) is 4. The highest BCUT2D eigenvalue weighted by Crippen LogP contribution is 2.16. The van der Waals surface area contributed by atoms with E-state index in [1.165, 1.54) is 0 Å². The highest BCUT2D eigenvalue weighted by molar-refractivity contribution is 5.82. The number of rotatable bonds is 5. The van der Waals surface area contributed by atoms with Crippen molar-refractivity contribution in [3.8, 4) is 0 Å². The molecule has 2 amide bonds. The lowest BCUT2D eigenvalue weighted by Crippen LogP contribution is -2.51. The lowest BCUT2D eigenvalue weighted by atomic mass is 9.91. The Morgan fingerprint density at radius 2 is 1.89 bits per heavy atom. The Labute approximate surface area is 115 Å². The van der Waals surface area contributed by atoms with Gasteiger partial charge in [-0.25, -0.2) is 0 Å². The van der Waals surface area contributed by atoms with E-state index in [-0.39, 0.29) is 17.9 Å². The van der Waals surface area contributed by atoms with Gasteiger partial charge in [0.25, 0.3) is 0 Å². The molecule has 1 saturated heterocycles. The number of likely N-dealkylation sites (tertiary alicyclic amines) is 1. The van der Waals surface area contributed by atoms with Crippen molar-refractivity contribution in [1.29, 1.82) is 0 Å². The molecule has 0 spiro atoms. The SMILES string of the molecule is CNC(=O)CN1CCC(NC(=O)C(C)(C)CN)CC1. The molecule has 4 N–H and O–H groups in total. The maximum absolute atomic E-state index is 12.0. The van der Waals surface area contributed by atoms with Crippen molar-refractivity contribution in [2.24, 2.45) is 11.1 Å². The van der Waals surface area contributed by atoms with Gasteiger partial charge in [0.15, 0.2) is 0 Å². The van der Waals surface area contributed by atoms with E-state index in [0.717, 1.165) is 25.9 Å². The second-order valence-electron chi connectivity index (χ2n) is 5.79. The van der Waals surface area contributed by atoms with Gasteiger partial charge in [-0.3, -0.25) is 14.5 Å². The predicted octanol–water partition coefficient (Wildman–Crippen LogP) is -0.702. The summed E-state index contributed by atoms with van der Waals surface area (Å²) in [5, 5.41) is 5.67. The number of nitrogens with two attached hydrogens (primary N) is 1. The molecule has 0 aromatic carbocycles. The van der Waals surface area contributed by atoms with E-state index in [9.17, 15) is 9.59 Å². The molecule has 0 aliphatic carbocycles. The Bertz CT molecular complexity index is 323. The Kier molecular flexibility index (Phi) is 5.75. The average molecular weight is 270 g/mol. The van der Waals surface area contributed by atoms with Crippen LogP contribution < -0.4 is 16.4 Å². The zero-order valence-electron chi connectivity index (χ0n) is 12.2. The van der Waals surface area contributed by atoms with E-state index in [4.69, 9.17) is 5.73 Å². The van der Waals surface area contributed by atoms with Crippen molar-refractivity contribution in [2.45, 2.75) is 32.7 Å². The highest BCUT2D eigenvalue weighted by Gasteiger charge is 2.29. The normalized spacial score (nSPS) is 18.1. The second-order valence-corrected chi connectivity index (χ2v) is 5.79. The molecule has 0 saturated carbocycles. The monoisotopic (exact) mass is 270 g/mol. The Morgan fingerprint density at radius 1 is 1.32 bits per heavy atom. The molecule has 0 aromatic heterocycles. The van der Waals surface area contributed by atoms with Crippen molar-refractivity contribution in [3.05, 3.63) is 0 Å². The van der Waals surface area contributed by atoms with E-state index >= 15 is 0 Å². The van der Waals surface area contributed by atoms with E-state index in [1.54, 1.807) is 7.05 Å².